The summed E-state index contributed by atoms with van der Waals surface area (Å²) in [5, 5.41) is 2.68. The van der Waals surface area contributed by atoms with Gasteiger partial charge < -0.3 is 10.1 Å². The van der Waals surface area contributed by atoms with Gasteiger partial charge in [0, 0.05) is 17.7 Å². The normalized spacial score (nSPS) is 9.79. The summed E-state index contributed by atoms with van der Waals surface area (Å²) in [5.41, 5.74) is 1.08. The highest BCUT2D eigenvalue weighted by Crippen LogP contribution is 2.17. The highest BCUT2D eigenvalue weighted by Gasteiger charge is 2.05. The van der Waals surface area contributed by atoms with Crippen LogP contribution in [0.5, 0.6) is 5.75 Å². The predicted molar refractivity (Wildman–Crippen MR) is 75.0 cm³/mol. The SMILES string of the molecule is C=C(C)C(=O)Nc1ccc(OC(=O)CCCC)cc1. The maximum Gasteiger partial charge on any atom is 0.311 e. The van der Waals surface area contributed by atoms with Gasteiger partial charge in [0.1, 0.15) is 5.75 Å². The maximum absolute atomic E-state index is 11.4. The average molecular weight is 261 g/mol. The van der Waals surface area contributed by atoms with Crippen molar-refractivity contribution in [2.75, 3.05) is 5.32 Å². The Morgan fingerprint density at radius 2 is 1.89 bits per heavy atom. The molecule has 1 rings (SSSR count). The molecule has 0 saturated heterocycles. The fourth-order valence-corrected chi connectivity index (χ4v) is 1.35. The van der Waals surface area contributed by atoms with Gasteiger partial charge in [0.25, 0.3) is 5.91 Å². The molecule has 0 aliphatic carbocycles. The number of hydrogen-bond acceptors (Lipinski definition) is 3. The van der Waals surface area contributed by atoms with Gasteiger partial charge in [-0.1, -0.05) is 19.9 Å². The monoisotopic (exact) mass is 261 g/mol. The van der Waals surface area contributed by atoms with Crippen LogP contribution >= 0.6 is 0 Å². The minimum Gasteiger partial charge on any atom is -0.427 e. The molecule has 0 aromatic heterocycles. The molecule has 0 spiro atoms. The Labute approximate surface area is 113 Å². The lowest BCUT2D eigenvalue weighted by molar-refractivity contribution is -0.134. The first-order chi connectivity index (χ1) is 9.02. The van der Waals surface area contributed by atoms with E-state index in [4.69, 9.17) is 4.74 Å². The Morgan fingerprint density at radius 3 is 2.42 bits per heavy atom. The second kappa shape index (κ2) is 7.36. The van der Waals surface area contributed by atoms with Crippen LogP contribution in [0.1, 0.15) is 33.1 Å². The van der Waals surface area contributed by atoms with Crippen LogP contribution in [-0.2, 0) is 9.59 Å². The third kappa shape index (κ3) is 5.38. The van der Waals surface area contributed by atoms with E-state index in [1.165, 1.54) is 0 Å². The Kier molecular flexibility index (Phi) is 5.79. The molecular weight excluding hydrogens is 242 g/mol. The Bertz CT molecular complexity index is 463. The summed E-state index contributed by atoms with van der Waals surface area (Å²) < 4.78 is 5.15. The van der Waals surface area contributed by atoms with Gasteiger partial charge in [-0.2, -0.15) is 0 Å². The molecule has 0 aliphatic rings. The third-order valence-electron chi connectivity index (χ3n) is 2.47. The quantitative estimate of drug-likeness (QED) is 0.485. The standard InChI is InChI=1S/C15H19NO3/c1-4-5-6-14(17)19-13-9-7-12(8-10-13)16-15(18)11(2)3/h7-10H,2,4-6H2,1,3H3,(H,16,18). The number of anilines is 1. The molecule has 1 aromatic carbocycles. The number of esters is 1. The molecule has 4 heteroatoms. The molecule has 0 unspecified atom stereocenters. The van der Waals surface area contributed by atoms with Crippen LogP contribution in [0.3, 0.4) is 0 Å². The van der Waals surface area contributed by atoms with Crippen molar-refractivity contribution >= 4 is 17.6 Å². The van der Waals surface area contributed by atoms with Gasteiger partial charge in [-0.15, -0.1) is 0 Å². The van der Waals surface area contributed by atoms with E-state index in [9.17, 15) is 9.59 Å². The van der Waals surface area contributed by atoms with Crippen LogP contribution in [-0.4, -0.2) is 11.9 Å². The Hall–Kier alpha value is -2.10. The van der Waals surface area contributed by atoms with E-state index in [2.05, 4.69) is 11.9 Å². The number of carbonyl (C=O) groups excluding carboxylic acids is 2. The molecule has 0 bridgehead atoms. The van der Waals surface area contributed by atoms with E-state index < -0.39 is 0 Å². The van der Waals surface area contributed by atoms with Crippen molar-refractivity contribution in [2.24, 2.45) is 0 Å². The molecule has 0 heterocycles. The zero-order valence-electron chi connectivity index (χ0n) is 11.4. The highest BCUT2D eigenvalue weighted by molar-refractivity contribution is 6.02. The van der Waals surface area contributed by atoms with E-state index >= 15 is 0 Å². The molecule has 19 heavy (non-hydrogen) atoms. The molecular formula is C15H19NO3. The first-order valence-electron chi connectivity index (χ1n) is 6.30. The van der Waals surface area contributed by atoms with Gasteiger partial charge in [-0.25, -0.2) is 0 Å². The Morgan fingerprint density at radius 1 is 1.26 bits per heavy atom. The lowest BCUT2D eigenvalue weighted by Crippen LogP contribution is -2.12. The van der Waals surface area contributed by atoms with Crippen molar-refractivity contribution in [3.05, 3.63) is 36.4 Å². The van der Waals surface area contributed by atoms with Gasteiger partial charge in [0.15, 0.2) is 0 Å². The number of benzene rings is 1. The fourth-order valence-electron chi connectivity index (χ4n) is 1.35. The molecule has 0 saturated carbocycles. The summed E-state index contributed by atoms with van der Waals surface area (Å²) in [6.45, 7) is 7.21. The number of rotatable bonds is 6. The smallest absolute Gasteiger partial charge is 0.311 e. The number of unbranched alkanes of at least 4 members (excludes halogenated alkanes) is 1. The van der Waals surface area contributed by atoms with E-state index in [1.807, 2.05) is 6.92 Å². The number of amides is 1. The fraction of sp³-hybridized carbons (Fsp3) is 0.333. The van der Waals surface area contributed by atoms with Crippen LogP contribution in [0, 0.1) is 0 Å². The summed E-state index contributed by atoms with van der Waals surface area (Å²) in [5.74, 6) is 0.0164. The number of carbonyl (C=O) groups is 2. The van der Waals surface area contributed by atoms with Crippen LogP contribution < -0.4 is 10.1 Å². The number of hydrogen-bond donors (Lipinski definition) is 1. The summed E-state index contributed by atoms with van der Waals surface area (Å²) in [4.78, 5) is 22.8. The molecule has 1 amide bonds. The zero-order valence-corrected chi connectivity index (χ0v) is 11.4. The van der Waals surface area contributed by atoms with Gasteiger partial charge >= 0.3 is 5.97 Å². The van der Waals surface area contributed by atoms with Crippen molar-refractivity contribution in [3.63, 3.8) is 0 Å². The van der Waals surface area contributed by atoms with Crippen LogP contribution in [0.4, 0.5) is 5.69 Å². The molecule has 1 aromatic rings. The largest absolute Gasteiger partial charge is 0.427 e. The second-order valence-electron chi connectivity index (χ2n) is 4.34. The first kappa shape index (κ1) is 15.0. The molecule has 0 atom stereocenters. The number of nitrogens with one attached hydrogen (secondary N) is 1. The molecule has 102 valence electrons. The summed E-state index contributed by atoms with van der Waals surface area (Å²) in [6.07, 6.45) is 2.21. The number of ether oxygens (including phenoxy) is 1. The van der Waals surface area contributed by atoms with E-state index in [0.29, 0.717) is 23.4 Å². The second-order valence-corrected chi connectivity index (χ2v) is 4.34. The predicted octanol–water partition coefficient (Wildman–Crippen LogP) is 3.30. The van der Waals surface area contributed by atoms with Crippen LogP contribution in [0.25, 0.3) is 0 Å². The van der Waals surface area contributed by atoms with Crippen molar-refractivity contribution in [2.45, 2.75) is 33.1 Å². The van der Waals surface area contributed by atoms with Gasteiger partial charge in [-0.05, 0) is 37.6 Å². The molecule has 0 aliphatic heterocycles. The van der Waals surface area contributed by atoms with E-state index in [1.54, 1.807) is 31.2 Å². The van der Waals surface area contributed by atoms with Gasteiger partial charge in [0.05, 0.1) is 0 Å². The van der Waals surface area contributed by atoms with Crippen LogP contribution in [0.2, 0.25) is 0 Å². The van der Waals surface area contributed by atoms with Gasteiger partial charge in [-0.3, -0.25) is 9.59 Å². The van der Waals surface area contributed by atoms with Crippen molar-refractivity contribution < 1.29 is 14.3 Å². The third-order valence-corrected chi connectivity index (χ3v) is 2.47. The zero-order chi connectivity index (χ0) is 14.3. The minimum absolute atomic E-state index is 0.229. The molecule has 0 fully saturated rings. The van der Waals surface area contributed by atoms with E-state index in [-0.39, 0.29) is 11.9 Å². The average Bonchev–Trinajstić information content (AvgIpc) is 2.38. The maximum atomic E-state index is 11.4. The first-order valence-corrected chi connectivity index (χ1v) is 6.30. The lowest BCUT2D eigenvalue weighted by Gasteiger charge is -2.07. The highest BCUT2D eigenvalue weighted by atomic mass is 16.5. The summed E-state index contributed by atoms with van der Waals surface area (Å²) in [7, 11) is 0. The van der Waals surface area contributed by atoms with E-state index in [0.717, 1.165) is 12.8 Å². The van der Waals surface area contributed by atoms with Crippen molar-refractivity contribution in [3.8, 4) is 5.75 Å². The molecule has 4 nitrogen and oxygen atoms in total. The van der Waals surface area contributed by atoms with Crippen molar-refractivity contribution in [1.82, 2.24) is 0 Å². The molecule has 0 radical (unpaired) electrons. The lowest BCUT2D eigenvalue weighted by atomic mass is 10.2. The summed E-state index contributed by atoms with van der Waals surface area (Å²) >= 11 is 0. The summed E-state index contributed by atoms with van der Waals surface area (Å²) in [6, 6.07) is 6.67. The van der Waals surface area contributed by atoms with Gasteiger partial charge in [0.2, 0.25) is 0 Å². The molecule has 1 N–H and O–H groups in total. The minimum atomic E-state index is -0.236. The topological polar surface area (TPSA) is 55.4 Å². The Balaban J connectivity index is 2.54. The van der Waals surface area contributed by atoms with Crippen LogP contribution in [0.15, 0.2) is 36.4 Å². The van der Waals surface area contributed by atoms with Crippen molar-refractivity contribution in [1.29, 1.82) is 0 Å².